The Balaban J connectivity index is 1.77. The molecule has 0 unspecified atom stereocenters. The van der Waals surface area contributed by atoms with Crippen LogP contribution in [0.3, 0.4) is 0 Å². The van der Waals surface area contributed by atoms with Gasteiger partial charge in [-0.3, -0.25) is 0 Å². The first kappa shape index (κ1) is 10.6. The normalized spacial score (nSPS) is 19.6. The lowest BCUT2D eigenvalue weighted by Gasteiger charge is -2.29. The summed E-state index contributed by atoms with van der Waals surface area (Å²) in [7, 11) is 2.05. The summed E-state index contributed by atoms with van der Waals surface area (Å²) in [6.45, 7) is 3.40. The fourth-order valence-electron chi connectivity index (χ4n) is 2.07. The molecule has 4 heteroatoms. The maximum Gasteiger partial charge on any atom is 0.109 e. The highest BCUT2D eigenvalue weighted by Crippen LogP contribution is 2.08. The molecule has 1 fully saturated rings. The molecule has 4 nitrogen and oxygen atoms in total. The van der Waals surface area contributed by atoms with E-state index < -0.39 is 0 Å². The maximum absolute atomic E-state index is 5.87. The number of likely N-dealkylation sites (tertiary alicyclic amines) is 1. The van der Waals surface area contributed by atoms with Crippen LogP contribution in [0.2, 0.25) is 0 Å². The molecule has 0 atom stereocenters. The van der Waals surface area contributed by atoms with Gasteiger partial charge in [0.05, 0.1) is 0 Å². The van der Waals surface area contributed by atoms with Crippen LogP contribution in [-0.4, -0.2) is 40.1 Å². The third-order valence-electron chi connectivity index (χ3n) is 3.20. The molecular weight excluding hydrogens is 188 g/mol. The molecule has 2 heterocycles. The molecular formula is C11H20N4. The van der Waals surface area contributed by atoms with E-state index in [-0.39, 0.29) is 0 Å². The molecule has 2 rings (SSSR count). The maximum atomic E-state index is 5.87. The summed E-state index contributed by atoms with van der Waals surface area (Å²) >= 11 is 0. The molecule has 1 saturated heterocycles. The highest BCUT2D eigenvalue weighted by Gasteiger charge is 2.15. The molecule has 1 aromatic heterocycles. The summed E-state index contributed by atoms with van der Waals surface area (Å²) in [5.74, 6) is 1.17. The first-order valence-corrected chi connectivity index (χ1v) is 5.70. The van der Waals surface area contributed by atoms with E-state index in [2.05, 4.69) is 21.5 Å². The van der Waals surface area contributed by atoms with Crippen LogP contribution < -0.4 is 5.73 Å². The molecule has 0 bridgehead atoms. The van der Waals surface area contributed by atoms with E-state index in [1.165, 1.54) is 5.82 Å². The van der Waals surface area contributed by atoms with Crippen LogP contribution in [0.5, 0.6) is 0 Å². The minimum atomic E-state index is 0.425. The fourth-order valence-corrected chi connectivity index (χ4v) is 2.07. The topological polar surface area (TPSA) is 47.1 Å². The molecule has 0 aliphatic carbocycles. The lowest BCUT2D eigenvalue weighted by molar-refractivity contribution is 0.214. The van der Waals surface area contributed by atoms with Crippen LogP contribution >= 0.6 is 0 Å². The summed E-state index contributed by atoms with van der Waals surface area (Å²) < 4.78 is 2.09. The van der Waals surface area contributed by atoms with E-state index in [0.29, 0.717) is 6.04 Å². The third-order valence-corrected chi connectivity index (χ3v) is 3.20. The van der Waals surface area contributed by atoms with Crippen LogP contribution in [0.1, 0.15) is 18.7 Å². The van der Waals surface area contributed by atoms with Gasteiger partial charge in [-0.1, -0.05) is 0 Å². The second kappa shape index (κ2) is 4.77. The van der Waals surface area contributed by atoms with Crippen LogP contribution in [0.15, 0.2) is 12.4 Å². The summed E-state index contributed by atoms with van der Waals surface area (Å²) in [5.41, 5.74) is 5.87. The zero-order valence-electron chi connectivity index (χ0n) is 9.39. The smallest absolute Gasteiger partial charge is 0.109 e. The van der Waals surface area contributed by atoms with Crippen LogP contribution in [0.4, 0.5) is 0 Å². The van der Waals surface area contributed by atoms with Gasteiger partial charge in [0.1, 0.15) is 5.82 Å². The van der Waals surface area contributed by atoms with Crippen LogP contribution in [-0.2, 0) is 13.5 Å². The van der Waals surface area contributed by atoms with Gasteiger partial charge in [-0.05, 0) is 25.9 Å². The fraction of sp³-hybridized carbons (Fsp3) is 0.727. The zero-order chi connectivity index (χ0) is 10.7. The predicted molar refractivity (Wildman–Crippen MR) is 60.6 cm³/mol. The van der Waals surface area contributed by atoms with E-state index >= 15 is 0 Å². The predicted octanol–water partition coefficient (Wildman–Crippen LogP) is 0.386. The van der Waals surface area contributed by atoms with Crippen molar-refractivity contribution in [1.82, 2.24) is 14.5 Å². The van der Waals surface area contributed by atoms with E-state index in [1.807, 2.05) is 12.4 Å². The number of piperidine rings is 1. The number of imidazole rings is 1. The van der Waals surface area contributed by atoms with Gasteiger partial charge >= 0.3 is 0 Å². The van der Waals surface area contributed by atoms with E-state index in [4.69, 9.17) is 5.73 Å². The number of nitrogens with zero attached hydrogens (tertiary/aromatic N) is 3. The Morgan fingerprint density at radius 2 is 2.20 bits per heavy atom. The average molecular weight is 208 g/mol. The monoisotopic (exact) mass is 208 g/mol. The molecule has 2 N–H and O–H groups in total. The molecule has 0 radical (unpaired) electrons. The first-order chi connectivity index (χ1) is 7.25. The molecule has 84 valence electrons. The van der Waals surface area contributed by atoms with Gasteiger partial charge in [0.2, 0.25) is 0 Å². The minimum absolute atomic E-state index is 0.425. The van der Waals surface area contributed by atoms with Crippen LogP contribution in [0.25, 0.3) is 0 Å². The average Bonchev–Trinajstić information content (AvgIpc) is 2.63. The van der Waals surface area contributed by atoms with Gasteiger partial charge in [0.25, 0.3) is 0 Å². The SMILES string of the molecule is Cn1ccnc1CCN1CCC(N)CC1. The molecule has 0 aromatic carbocycles. The Morgan fingerprint density at radius 3 is 2.80 bits per heavy atom. The minimum Gasteiger partial charge on any atom is -0.338 e. The van der Waals surface area contributed by atoms with Gasteiger partial charge in [-0.2, -0.15) is 0 Å². The summed E-state index contributed by atoms with van der Waals surface area (Å²) in [6.07, 6.45) is 7.18. The summed E-state index contributed by atoms with van der Waals surface area (Å²) in [5, 5.41) is 0. The lowest BCUT2D eigenvalue weighted by Crippen LogP contribution is -2.40. The second-order valence-corrected chi connectivity index (χ2v) is 4.38. The van der Waals surface area contributed by atoms with Crippen molar-refractivity contribution >= 4 is 0 Å². The number of hydrogen-bond donors (Lipinski definition) is 1. The van der Waals surface area contributed by atoms with Gasteiger partial charge in [-0.15, -0.1) is 0 Å². The van der Waals surface area contributed by atoms with Gasteiger partial charge in [0.15, 0.2) is 0 Å². The first-order valence-electron chi connectivity index (χ1n) is 5.70. The van der Waals surface area contributed by atoms with Crippen molar-refractivity contribution in [1.29, 1.82) is 0 Å². The zero-order valence-corrected chi connectivity index (χ0v) is 9.39. The highest BCUT2D eigenvalue weighted by atomic mass is 15.1. The second-order valence-electron chi connectivity index (χ2n) is 4.38. The summed E-state index contributed by atoms with van der Waals surface area (Å²) in [6, 6.07) is 0.425. The van der Waals surface area contributed by atoms with E-state index in [0.717, 1.165) is 38.9 Å². The molecule has 15 heavy (non-hydrogen) atoms. The van der Waals surface area contributed by atoms with Crippen molar-refractivity contribution in [3.8, 4) is 0 Å². The molecule has 1 aromatic rings. The molecule has 0 amide bonds. The highest BCUT2D eigenvalue weighted by molar-refractivity contribution is 4.92. The van der Waals surface area contributed by atoms with Crippen molar-refractivity contribution in [2.45, 2.75) is 25.3 Å². The third kappa shape index (κ3) is 2.79. The van der Waals surface area contributed by atoms with Gasteiger partial charge < -0.3 is 15.2 Å². The van der Waals surface area contributed by atoms with Crippen molar-refractivity contribution in [3.63, 3.8) is 0 Å². The Morgan fingerprint density at radius 1 is 1.47 bits per heavy atom. The van der Waals surface area contributed by atoms with Crippen molar-refractivity contribution < 1.29 is 0 Å². The largest absolute Gasteiger partial charge is 0.338 e. The van der Waals surface area contributed by atoms with E-state index in [1.54, 1.807) is 0 Å². The Labute approximate surface area is 91.1 Å². The standard InChI is InChI=1S/C11H20N4/c1-14-9-5-13-11(14)4-8-15-6-2-10(12)3-7-15/h5,9-10H,2-4,6-8,12H2,1H3. The number of aromatic nitrogens is 2. The number of rotatable bonds is 3. The Kier molecular flexibility index (Phi) is 3.38. The van der Waals surface area contributed by atoms with Crippen molar-refractivity contribution in [2.75, 3.05) is 19.6 Å². The number of hydrogen-bond acceptors (Lipinski definition) is 3. The number of nitrogens with two attached hydrogens (primary N) is 1. The molecule has 1 aliphatic rings. The molecule has 0 spiro atoms. The molecule has 0 saturated carbocycles. The quantitative estimate of drug-likeness (QED) is 0.781. The summed E-state index contributed by atoms with van der Waals surface area (Å²) in [4.78, 5) is 6.81. The number of aryl methyl sites for hydroxylation is 1. The van der Waals surface area contributed by atoms with E-state index in [9.17, 15) is 0 Å². The Hall–Kier alpha value is -0.870. The lowest BCUT2D eigenvalue weighted by atomic mass is 10.1. The Bertz CT molecular complexity index is 299. The molecule has 1 aliphatic heterocycles. The van der Waals surface area contributed by atoms with Gasteiger partial charge in [0, 0.05) is 38.4 Å². The van der Waals surface area contributed by atoms with Crippen molar-refractivity contribution in [3.05, 3.63) is 18.2 Å². The van der Waals surface area contributed by atoms with Gasteiger partial charge in [-0.25, -0.2) is 4.98 Å². The van der Waals surface area contributed by atoms with Crippen molar-refractivity contribution in [2.24, 2.45) is 12.8 Å². The van der Waals surface area contributed by atoms with Crippen LogP contribution in [0, 0.1) is 0 Å².